The molecule has 0 saturated heterocycles. The zero-order valence-electron chi connectivity index (χ0n) is 11.3. The summed E-state index contributed by atoms with van der Waals surface area (Å²) in [5.41, 5.74) is 1.91. The van der Waals surface area contributed by atoms with E-state index in [1.54, 1.807) is 23.9 Å². The van der Waals surface area contributed by atoms with Crippen LogP contribution in [0, 0.1) is 0 Å². The van der Waals surface area contributed by atoms with Crippen LogP contribution in [0.2, 0.25) is 0 Å². The minimum Gasteiger partial charge on any atom is -0.496 e. The molecule has 1 aromatic heterocycles. The SMILES string of the molecule is COc1ccccc1C(=O)c1nn(C)c2ccccc12. The molecule has 3 aromatic rings. The summed E-state index contributed by atoms with van der Waals surface area (Å²) in [7, 11) is 3.39. The number of methoxy groups -OCH3 is 1. The van der Waals surface area contributed by atoms with Crippen LogP contribution < -0.4 is 4.74 Å². The van der Waals surface area contributed by atoms with Gasteiger partial charge in [-0.3, -0.25) is 9.48 Å². The molecule has 2 aromatic carbocycles. The number of ketones is 1. The van der Waals surface area contributed by atoms with Gasteiger partial charge in [0.2, 0.25) is 5.78 Å². The van der Waals surface area contributed by atoms with Crippen molar-refractivity contribution in [3.63, 3.8) is 0 Å². The topological polar surface area (TPSA) is 44.1 Å². The normalized spacial score (nSPS) is 10.7. The Kier molecular flexibility index (Phi) is 2.99. The van der Waals surface area contributed by atoms with E-state index in [1.807, 2.05) is 43.4 Å². The Labute approximate surface area is 116 Å². The Morgan fingerprint density at radius 2 is 1.80 bits per heavy atom. The highest BCUT2D eigenvalue weighted by Gasteiger charge is 2.20. The summed E-state index contributed by atoms with van der Waals surface area (Å²) < 4.78 is 6.97. The fraction of sp³-hybridized carbons (Fsp3) is 0.125. The lowest BCUT2D eigenvalue weighted by molar-refractivity contribution is 0.103. The summed E-state index contributed by atoms with van der Waals surface area (Å²) in [6.45, 7) is 0. The molecule has 0 radical (unpaired) electrons. The number of nitrogens with zero attached hydrogens (tertiary/aromatic N) is 2. The number of para-hydroxylation sites is 2. The first kappa shape index (κ1) is 12.4. The second kappa shape index (κ2) is 4.81. The van der Waals surface area contributed by atoms with Crippen LogP contribution in [-0.4, -0.2) is 22.7 Å². The average molecular weight is 266 g/mol. The molecule has 0 aliphatic heterocycles. The van der Waals surface area contributed by atoms with E-state index in [-0.39, 0.29) is 5.78 Å². The summed E-state index contributed by atoms with van der Waals surface area (Å²) >= 11 is 0. The van der Waals surface area contributed by atoms with Crippen molar-refractivity contribution in [2.24, 2.45) is 7.05 Å². The van der Waals surface area contributed by atoms with Crippen molar-refractivity contribution < 1.29 is 9.53 Å². The predicted octanol–water partition coefficient (Wildman–Crippen LogP) is 2.81. The Hall–Kier alpha value is -2.62. The van der Waals surface area contributed by atoms with Gasteiger partial charge in [-0.05, 0) is 18.2 Å². The first-order valence-corrected chi connectivity index (χ1v) is 6.32. The molecule has 0 atom stereocenters. The largest absolute Gasteiger partial charge is 0.496 e. The van der Waals surface area contributed by atoms with Crippen molar-refractivity contribution in [3.05, 3.63) is 59.8 Å². The molecule has 4 nitrogen and oxygen atoms in total. The van der Waals surface area contributed by atoms with E-state index in [9.17, 15) is 4.79 Å². The van der Waals surface area contributed by atoms with Crippen LogP contribution in [0.4, 0.5) is 0 Å². The van der Waals surface area contributed by atoms with Gasteiger partial charge < -0.3 is 4.74 Å². The number of ether oxygens (including phenoxy) is 1. The number of carbonyl (C=O) groups is 1. The minimum atomic E-state index is -0.126. The fourth-order valence-corrected chi connectivity index (χ4v) is 2.34. The van der Waals surface area contributed by atoms with Gasteiger partial charge in [-0.25, -0.2) is 0 Å². The molecule has 0 N–H and O–H groups in total. The molecule has 0 amide bonds. The van der Waals surface area contributed by atoms with Crippen molar-refractivity contribution >= 4 is 16.7 Å². The van der Waals surface area contributed by atoms with Crippen molar-refractivity contribution in [3.8, 4) is 5.75 Å². The molecule has 0 unspecified atom stereocenters. The molecule has 0 aliphatic rings. The zero-order chi connectivity index (χ0) is 14.1. The highest BCUT2D eigenvalue weighted by atomic mass is 16.5. The molecule has 0 spiro atoms. The standard InChI is InChI=1S/C16H14N2O2/c1-18-13-9-5-3-7-11(13)15(17-18)16(19)12-8-4-6-10-14(12)20-2/h3-10H,1-2H3. The molecule has 1 heterocycles. The summed E-state index contributed by atoms with van der Waals surface area (Å²) in [5.74, 6) is 0.437. The molecule has 4 heteroatoms. The van der Waals surface area contributed by atoms with E-state index in [1.165, 1.54) is 0 Å². The molecule has 20 heavy (non-hydrogen) atoms. The van der Waals surface area contributed by atoms with Crippen molar-refractivity contribution in [2.75, 3.05) is 7.11 Å². The Bertz CT molecular complexity index is 790. The molecule has 0 aliphatic carbocycles. The van der Waals surface area contributed by atoms with Crippen LogP contribution in [0.5, 0.6) is 5.75 Å². The molecular formula is C16H14N2O2. The molecule has 0 bridgehead atoms. The minimum absolute atomic E-state index is 0.126. The summed E-state index contributed by atoms with van der Waals surface area (Å²) in [4.78, 5) is 12.7. The van der Waals surface area contributed by atoms with Crippen molar-refractivity contribution in [2.45, 2.75) is 0 Å². The van der Waals surface area contributed by atoms with Crippen molar-refractivity contribution in [1.82, 2.24) is 9.78 Å². The number of rotatable bonds is 3. The lowest BCUT2D eigenvalue weighted by Crippen LogP contribution is -2.05. The molecule has 3 rings (SSSR count). The van der Waals surface area contributed by atoms with E-state index in [0.717, 1.165) is 10.9 Å². The Morgan fingerprint density at radius 1 is 1.10 bits per heavy atom. The van der Waals surface area contributed by atoms with Crippen molar-refractivity contribution in [1.29, 1.82) is 0 Å². The smallest absolute Gasteiger partial charge is 0.217 e. The highest BCUT2D eigenvalue weighted by molar-refractivity contribution is 6.16. The van der Waals surface area contributed by atoms with Crippen LogP contribution in [0.15, 0.2) is 48.5 Å². The lowest BCUT2D eigenvalue weighted by atomic mass is 10.0. The first-order chi connectivity index (χ1) is 9.72. The van der Waals surface area contributed by atoms with E-state index in [0.29, 0.717) is 17.0 Å². The third kappa shape index (κ3) is 1.86. The van der Waals surface area contributed by atoms with Gasteiger partial charge in [0.15, 0.2) is 0 Å². The number of hydrogen-bond acceptors (Lipinski definition) is 3. The maximum absolute atomic E-state index is 12.7. The van der Waals surface area contributed by atoms with Gasteiger partial charge in [0.1, 0.15) is 11.4 Å². The van der Waals surface area contributed by atoms with Gasteiger partial charge >= 0.3 is 0 Å². The number of hydrogen-bond donors (Lipinski definition) is 0. The Morgan fingerprint density at radius 3 is 2.60 bits per heavy atom. The number of aromatic nitrogens is 2. The first-order valence-electron chi connectivity index (χ1n) is 6.32. The predicted molar refractivity (Wildman–Crippen MR) is 77.1 cm³/mol. The summed E-state index contributed by atoms with van der Waals surface area (Å²) in [5, 5.41) is 5.21. The quantitative estimate of drug-likeness (QED) is 0.685. The van der Waals surface area contributed by atoms with Gasteiger partial charge in [-0.15, -0.1) is 0 Å². The molecular weight excluding hydrogens is 252 g/mol. The molecule has 0 saturated carbocycles. The highest BCUT2D eigenvalue weighted by Crippen LogP contribution is 2.24. The number of aryl methyl sites for hydroxylation is 1. The maximum Gasteiger partial charge on any atom is 0.217 e. The van der Waals surface area contributed by atoms with Gasteiger partial charge in [0, 0.05) is 12.4 Å². The van der Waals surface area contributed by atoms with E-state index in [2.05, 4.69) is 5.10 Å². The molecule has 0 fully saturated rings. The zero-order valence-corrected chi connectivity index (χ0v) is 11.3. The molecule has 100 valence electrons. The van der Waals surface area contributed by atoms with Crippen LogP contribution in [-0.2, 0) is 7.05 Å². The average Bonchev–Trinajstić information content (AvgIpc) is 2.84. The van der Waals surface area contributed by atoms with Crippen LogP contribution in [0.25, 0.3) is 10.9 Å². The third-order valence-corrected chi connectivity index (χ3v) is 3.32. The second-order valence-electron chi connectivity index (χ2n) is 4.52. The fourth-order valence-electron chi connectivity index (χ4n) is 2.34. The maximum atomic E-state index is 12.7. The van der Waals surface area contributed by atoms with Gasteiger partial charge in [-0.2, -0.15) is 5.10 Å². The van der Waals surface area contributed by atoms with E-state index in [4.69, 9.17) is 4.74 Å². The van der Waals surface area contributed by atoms with Gasteiger partial charge in [-0.1, -0.05) is 30.3 Å². The lowest BCUT2D eigenvalue weighted by Gasteiger charge is -2.05. The number of benzene rings is 2. The summed E-state index contributed by atoms with van der Waals surface area (Å²) in [6, 6.07) is 14.9. The van der Waals surface area contributed by atoms with E-state index >= 15 is 0 Å². The van der Waals surface area contributed by atoms with Crippen LogP contribution in [0.3, 0.4) is 0 Å². The van der Waals surface area contributed by atoms with E-state index < -0.39 is 0 Å². The second-order valence-corrected chi connectivity index (χ2v) is 4.52. The van der Waals surface area contributed by atoms with Crippen LogP contribution in [0.1, 0.15) is 16.1 Å². The monoisotopic (exact) mass is 266 g/mol. The number of carbonyl (C=O) groups excluding carboxylic acids is 1. The summed E-state index contributed by atoms with van der Waals surface area (Å²) in [6.07, 6.45) is 0. The van der Waals surface area contributed by atoms with Gasteiger partial charge in [0.05, 0.1) is 18.2 Å². The number of fused-ring (bicyclic) bond motifs is 1. The third-order valence-electron chi connectivity index (χ3n) is 3.32. The van der Waals surface area contributed by atoms with Gasteiger partial charge in [0.25, 0.3) is 0 Å². The van der Waals surface area contributed by atoms with Crippen LogP contribution >= 0.6 is 0 Å². The Balaban J connectivity index is 2.18.